The van der Waals surface area contributed by atoms with Crippen LogP contribution in [0, 0.1) is 5.82 Å². The number of carboxylic acid groups (broad SMARTS) is 1. The lowest BCUT2D eigenvalue weighted by Gasteiger charge is -2.17. The molecule has 0 saturated heterocycles. The number of benzene rings is 1. The van der Waals surface area contributed by atoms with Crippen LogP contribution >= 0.6 is 0 Å². The highest BCUT2D eigenvalue weighted by atomic mass is 19.1. The smallest absolute Gasteiger partial charge is 0.352 e. The summed E-state index contributed by atoms with van der Waals surface area (Å²) in [7, 11) is 0. The van der Waals surface area contributed by atoms with Gasteiger partial charge in [0.2, 0.25) is 0 Å². The van der Waals surface area contributed by atoms with Crippen molar-refractivity contribution in [1.29, 1.82) is 0 Å². The molecule has 1 aromatic carbocycles. The van der Waals surface area contributed by atoms with E-state index >= 15 is 0 Å². The van der Waals surface area contributed by atoms with Gasteiger partial charge in [-0.25, -0.2) is 9.18 Å². The van der Waals surface area contributed by atoms with E-state index < -0.39 is 11.8 Å². The van der Waals surface area contributed by atoms with Crippen molar-refractivity contribution in [2.45, 2.75) is 0 Å². The zero-order valence-corrected chi connectivity index (χ0v) is 8.95. The Hall–Kier alpha value is -2.63. The summed E-state index contributed by atoms with van der Waals surface area (Å²) in [6.45, 7) is 0. The molecule has 5 nitrogen and oxygen atoms in total. The number of nitrogens with one attached hydrogen (secondary N) is 2. The van der Waals surface area contributed by atoms with Crippen molar-refractivity contribution in [3.8, 4) is 0 Å². The fourth-order valence-corrected chi connectivity index (χ4v) is 2.04. The molecule has 1 aromatic heterocycles. The van der Waals surface area contributed by atoms with Gasteiger partial charge in [0.15, 0.2) is 0 Å². The van der Waals surface area contributed by atoms with Crippen LogP contribution in [0.5, 0.6) is 0 Å². The SMILES string of the molecule is O=C(O)C1=Cc2c[nH]c(=O)c3ccc(F)c(c23)N1. The molecule has 1 aliphatic rings. The number of halogens is 1. The number of hydrogen-bond donors (Lipinski definition) is 3. The molecule has 18 heavy (non-hydrogen) atoms. The van der Waals surface area contributed by atoms with Crippen LogP contribution in [-0.2, 0) is 4.79 Å². The molecule has 0 fully saturated rings. The van der Waals surface area contributed by atoms with Gasteiger partial charge in [0.25, 0.3) is 5.56 Å². The van der Waals surface area contributed by atoms with Crippen LogP contribution in [0.4, 0.5) is 10.1 Å². The lowest BCUT2D eigenvalue weighted by atomic mass is 10.0. The highest BCUT2D eigenvalue weighted by Crippen LogP contribution is 2.33. The lowest BCUT2D eigenvalue weighted by molar-refractivity contribution is -0.132. The first-order valence-electron chi connectivity index (χ1n) is 5.14. The van der Waals surface area contributed by atoms with Crippen LogP contribution in [0.3, 0.4) is 0 Å². The Kier molecular flexibility index (Phi) is 2.00. The summed E-state index contributed by atoms with van der Waals surface area (Å²) in [5.41, 5.74) is 0.00803. The number of carboxylic acids is 1. The molecule has 2 aromatic rings. The Balaban J connectivity index is 2.46. The van der Waals surface area contributed by atoms with Crippen molar-refractivity contribution < 1.29 is 14.3 Å². The number of hydrogen-bond acceptors (Lipinski definition) is 3. The third kappa shape index (κ3) is 1.32. The summed E-state index contributed by atoms with van der Waals surface area (Å²) in [5, 5.41) is 12.1. The molecule has 1 aliphatic heterocycles. The largest absolute Gasteiger partial charge is 0.477 e. The molecule has 0 atom stereocenters. The van der Waals surface area contributed by atoms with Gasteiger partial charge in [-0.1, -0.05) is 0 Å². The maximum Gasteiger partial charge on any atom is 0.352 e. The molecule has 0 saturated carbocycles. The number of pyridine rings is 1. The van der Waals surface area contributed by atoms with Gasteiger partial charge in [-0.05, 0) is 18.2 Å². The average molecular weight is 246 g/mol. The van der Waals surface area contributed by atoms with Crippen LogP contribution in [0.25, 0.3) is 16.8 Å². The first-order chi connectivity index (χ1) is 8.58. The maximum atomic E-state index is 13.7. The van der Waals surface area contributed by atoms with E-state index in [1.54, 1.807) is 0 Å². The van der Waals surface area contributed by atoms with Gasteiger partial charge < -0.3 is 15.4 Å². The number of aromatic nitrogens is 1. The molecule has 90 valence electrons. The Bertz CT molecular complexity index is 777. The summed E-state index contributed by atoms with van der Waals surface area (Å²) >= 11 is 0. The van der Waals surface area contributed by atoms with E-state index in [1.807, 2.05) is 0 Å². The molecule has 3 rings (SSSR count). The third-order valence-corrected chi connectivity index (χ3v) is 2.84. The molecule has 0 radical (unpaired) electrons. The van der Waals surface area contributed by atoms with E-state index in [9.17, 15) is 14.0 Å². The highest BCUT2D eigenvalue weighted by Gasteiger charge is 2.21. The van der Waals surface area contributed by atoms with E-state index in [4.69, 9.17) is 5.11 Å². The van der Waals surface area contributed by atoms with Crippen molar-refractivity contribution in [2.24, 2.45) is 0 Å². The Morgan fingerprint density at radius 3 is 2.83 bits per heavy atom. The van der Waals surface area contributed by atoms with Gasteiger partial charge in [0.05, 0.1) is 5.69 Å². The van der Waals surface area contributed by atoms with Crippen LogP contribution in [0.1, 0.15) is 5.56 Å². The second-order valence-electron chi connectivity index (χ2n) is 3.91. The number of anilines is 1. The van der Waals surface area contributed by atoms with Crippen LogP contribution in [0.2, 0.25) is 0 Å². The summed E-state index contributed by atoms with van der Waals surface area (Å²) in [6.07, 6.45) is 2.73. The molecule has 0 amide bonds. The standard InChI is InChI=1S/C12H7FN2O3/c13-7-2-1-6-9-5(4-14-11(6)16)3-8(12(17)18)15-10(7)9/h1-4,15H,(H,14,16)(H,17,18). The Labute approximate surface area is 99.6 Å². The lowest BCUT2D eigenvalue weighted by Crippen LogP contribution is -2.17. The number of aliphatic carboxylic acids is 1. The minimum atomic E-state index is -1.19. The summed E-state index contributed by atoms with van der Waals surface area (Å²) in [5.74, 6) is -1.79. The zero-order chi connectivity index (χ0) is 12.9. The summed E-state index contributed by atoms with van der Waals surface area (Å²) in [4.78, 5) is 25.0. The molecule has 0 aliphatic carbocycles. The Morgan fingerprint density at radius 1 is 1.33 bits per heavy atom. The van der Waals surface area contributed by atoms with Crippen molar-refractivity contribution >= 4 is 28.5 Å². The second-order valence-corrected chi connectivity index (χ2v) is 3.91. The van der Waals surface area contributed by atoms with E-state index in [0.717, 1.165) is 6.07 Å². The van der Waals surface area contributed by atoms with Gasteiger partial charge in [0, 0.05) is 22.5 Å². The normalized spacial score (nSPS) is 13.1. The topological polar surface area (TPSA) is 82.2 Å². The van der Waals surface area contributed by atoms with Crippen LogP contribution in [0.15, 0.2) is 28.8 Å². The van der Waals surface area contributed by atoms with Gasteiger partial charge in [-0.15, -0.1) is 0 Å². The number of H-pyrrole nitrogens is 1. The predicted molar refractivity (Wildman–Crippen MR) is 63.8 cm³/mol. The predicted octanol–water partition coefficient (Wildman–Crippen LogP) is 1.52. The quantitative estimate of drug-likeness (QED) is 0.712. The van der Waals surface area contributed by atoms with Crippen molar-refractivity contribution in [3.05, 3.63) is 45.8 Å². The molecule has 6 heteroatoms. The van der Waals surface area contributed by atoms with E-state index in [2.05, 4.69) is 10.3 Å². The minimum absolute atomic E-state index is 0.0218. The molecule has 2 heterocycles. The molecule has 0 unspecified atom stereocenters. The van der Waals surface area contributed by atoms with Crippen LogP contribution in [-0.4, -0.2) is 16.1 Å². The van der Waals surface area contributed by atoms with E-state index in [-0.39, 0.29) is 16.9 Å². The van der Waals surface area contributed by atoms with E-state index in [1.165, 1.54) is 18.3 Å². The summed E-state index contributed by atoms with van der Waals surface area (Å²) < 4.78 is 13.7. The molecule has 0 spiro atoms. The van der Waals surface area contributed by atoms with Crippen molar-refractivity contribution in [2.75, 3.05) is 5.32 Å². The Morgan fingerprint density at radius 2 is 2.11 bits per heavy atom. The second kappa shape index (κ2) is 3.43. The van der Waals surface area contributed by atoms with Crippen LogP contribution < -0.4 is 10.9 Å². The fourth-order valence-electron chi connectivity index (χ4n) is 2.04. The first-order valence-corrected chi connectivity index (χ1v) is 5.14. The van der Waals surface area contributed by atoms with Gasteiger partial charge in [-0.3, -0.25) is 4.79 Å². The average Bonchev–Trinajstić information content (AvgIpc) is 2.35. The van der Waals surface area contributed by atoms with Crippen molar-refractivity contribution in [3.63, 3.8) is 0 Å². The highest BCUT2D eigenvalue weighted by molar-refractivity contribution is 6.08. The first kappa shape index (κ1) is 10.5. The molecular weight excluding hydrogens is 239 g/mol. The third-order valence-electron chi connectivity index (χ3n) is 2.84. The fraction of sp³-hybridized carbons (Fsp3) is 0. The van der Waals surface area contributed by atoms with Gasteiger partial charge in [-0.2, -0.15) is 0 Å². The summed E-state index contributed by atoms with van der Waals surface area (Å²) in [6, 6.07) is 2.51. The maximum absolute atomic E-state index is 13.7. The van der Waals surface area contributed by atoms with Gasteiger partial charge >= 0.3 is 5.97 Å². The molecular formula is C12H7FN2O3. The number of aromatic amines is 1. The molecule has 3 N–H and O–H groups in total. The zero-order valence-electron chi connectivity index (χ0n) is 8.95. The minimum Gasteiger partial charge on any atom is -0.477 e. The molecule has 0 bridgehead atoms. The van der Waals surface area contributed by atoms with Crippen molar-refractivity contribution in [1.82, 2.24) is 4.98 Å². The van der Waals surface area contributed by atoms with E-state index in [0.29, 0.717) is 16.3 Å². The van der Waals surface area contributed by atoms with Gasteiger partial charge in [0.1, 0.15) is 11.5 Å². The number of rotatable bonds is 1. The number of carbonyl (C=O) groups is 1. The monoisotopic (exact) mass is 246 g/mol.